The number of nitrogens with one attached hydrogen (secondary N) is 1. The van der Waals surface area contributed by atoms with Crippen LogP contribution in [0.25, 0.3) is 11.0 Å². The Hall–Kier alpha value is -3.88. The molecule has 3 aromatic rings. The van der Waals surface area contributed by atoms with E-state index in [4.69, 9.17) is 5.73 Å². The highest BCUT2D eigenvalue weighted by molar-refractivity contribution is 5.98. The van der Waals surface area contributed by atoms with Crippen LogP contribution < -0.4 is 11.3 Å². The quantitative estimate of drug-likeness (QED) is 0.527. The summed E-state index contributed by atoms with van der Waals surface area (Å²) in [6, 6.07) is 10.7. The first kappa shape index (κ1) is 24.3. The van der Waals surface area contributed by atoms with Crippen molar-refractivity contribution in [2.24, 2.45) is 17.6 Å². The predicted molar refractivity (Wildman–Crippen MR) is 128 cm³/mol. The molecule has 8 nitrogen and oxygen atoms in total. The van der Waals surface area contributed by atoms with E-state index in [9.17, 15) is 23.6 Å². The summed E-state index contributed by atoms with van der Waals surface area (Å²) in [4.78, 5) is 58.9. The molecular weight excluding hydrogens is 451 g/mol. The summed E-state index contributed by atoms with van der Waals surface area (Å²) in [6.45, 7) is 4.70. The monoisotopic (exact) mass is 478 g/mol. The van der Waals surface area contributed by atoms with E-state index in [0.29, 0.717) is 48.1 Å². The highest BCUT2D eigenvalue weighted by Gasteiger charge is 2.34. The van der Waals surface area contributed by atoms with Crippen LogP contribution in [0, 0.1) is 17.7 Å². The van der Waals surface area contributed by atoms with E-state index >= 15 is 0 Å². The fourth-order valence-electron chi connectivity index (χ4n) is 4.74. The van der Waals surface area contributed by atoms with Crippen molar-refractivity contribution >= 4 is 28.6 Å². The molecule has 0 saturated carbocycles. The Balaban J connectivity index is 1.56. The lowest BCUT2D eigenvalue weighted by Crippen LogP contribution is -2.43. The van der Waals surface area contributed by atoms with Crippen molar-refractivity contribution in [1.29, 1.82) is 0 Å². The summed E-state index contributed by atoms with van der Waals surface area (Å²) in [5, 5.41) is 0. The number of rotatable bonds is 6. The summed E-state index contributed by atoms with van der Waals surface area (Å²) in [5.41, 5.74) is 6.03. The second-order valence-electron chi connectivity index (χ2n) is 9.21. The van der Waals surface area contributed by atoms with Gasteiger partial charge in [0, 0.05) is 24.6 Å². The van der Waals surface area contributed by atoms with Gasteiger partial charge in [-0.15, -0.1) is 0 Å². The number of H-pyrrole nitrogens is 1. The molecule has 1 aliphatic heterocycles. The Bertz CT molecular complexity index is 1340. The predicted octanol–water partition coefficient (Wildman–Crippen LogP) is 3.02. The number of amides is 2. The van der Waals surface area contributed by atoms with Crippen LogP contribution in [-0.2, 0) is 4.79 Å². The van der Waals surface area contributed by atoms with Gasteiger partial charge >= 0.3 is 0 Å². The molecule has 1 saturated heterocycles. The minimum atomic E-state index is -0.923. The zero-order valence-corrected chi connectivity index (χ0v) is 19.6. The molecule has 35 heavy (non-hydrogen) atoms. The third-order valence-electron chi connectivity index (χ3n) is 6.57. The standard InChI is InChI=1S/C26H27FN4O4/c1-14(2)20(18-4-3-5-19-21(18)30-25(34)22(29-19)24(28)33)26(35)31-12-10-16(11-13-31)23(32)15-6-8-17(27)9-7-15/h3-9,14,16,20H,10-13H2,1-2H3,(H2,28,33)(H,30,34)/t20-/m0/s1. The van der Waals surface area contributed by atoms with Gasteiger partial charge in [0.05, 0.1) is 17.0 Å². The topological polar surface area (TPSA) is 126 Å². The summed E-state index contributed by atoms with van der Waals surface area (Å²) in [7, 11) is 0. The van der Waals surface area contributed by atoms with Gasteiger partial charge in [-0.25, -0.2) is 9.37 Å². The van der Waals surface area contributed by atoms with Gasteiger partial charge in [0.15, 0.2) is 11.5 Å². The number of ketones is 1. The van der Waals surface area contributed by atoms with Crippen molar-refractivity contribution < 1.29 is 18.8 Å². The Morgan fingerprint density at radius 3 is 2.34 bits per heavy atom. The molecule has 2 amide bonds. The number of hydrogen-bond acceptors (Lipinski definition) is 5. The first-order valence-corrected chi connectivity index (χ1v) is 11.6. The van der Waals surface area contributed by atoms with Crippen molar-refractivity contribution in [1.82, 2.24) is 14.9 Å². The number of carbonyl (C=O) groups excluding carboxylic acids is 3. The summed E-state index contributed by atoms with van der Waals surface area (Å²) >= 11 is 0. The number of likely N-dealkylation sites (tertiary alicyclic amines) is 1. The van der Waals surface area contributed by atoms with E-state index in [1.54, 1.807) is 23.1 Å². The van der Waals surface area contributed by atoms with Crippen LogP contribution in [0.5, 0.6) is 0 Å². The smallest absolute Gasteiger partial charge is 0.280 e. The number of nitrogens with two attached hydrogens (primary N) is 1. The van der Waals surface area contributed by atoms with Gasteiger partial charge in [-0.05, 0) is 54.7 Å². The molecule has 0 unspecified atom stereocenters. The maximum Gasteiger partial charge on any atom is 0.280 e. The molecule has 3 N–H and O–H groups in total. The third kappa shape index (κ3) is 4.84. The minimum absolute atomic E-state index is 0.0412. The number of halogens is 1. The van der Waals surface area contributed by atoms with E-state index in [2.05, 4.69) is 9.97 Å². The molecule has 4 rings (SSSR count). The average Bonchev–Trinajstić information content (AvgIpc) is 2.84. The van der Waals surface area contributed by atoms with E-state index in [1.807, 2.05) is 13.8 Å². The average molecular weight is 479 g/mol. The van der Waals surface area contributed by atoms with E-state index < -0.39 is 23.2 Å². The molecular formula is C26H27FN4O4. The van der Waals surface area contributed by atoms with E-state index in [-0.39, 0.29) is 29.2 Å². The molecule has 1 aromatic heterocycles. The fraction of sp³-hybridized carbons (Fsp3) is 0.346. The van der Waals surface area contributed by atoms with Crippen LogP contribution in [0.3, 0.4) is 0 Å². The number of fused-ring (bicyclic) bond motifs is 1. The van der Waals surface area contributed by atoms with E-state index in [1.165, 1.54) is 24.3 Å². The molecule has 0 aliphatic carbocycles. The molecule has 2 aromatic carbocycles. The first-order chi connectivity index (χ1) is 16.7. The molecule has 2 heterocycles. The fourth-order valence-corrected chi connectivity index (χ4v) is 4.74. The Kier molecular flexibility index (Phi) is 6.77. The number of aromatic amines is 1. The molecule has 9 heteroatoms. The van der Waals surface area contributed by atoms with Gasteiger partial charge in [-0.1, -0.05) is 26.0 Å². The number of carbonyl (C=O) groups is 3. The van der Waals surface area contributed by atoms with Crippen molar-refractivity contribution in [3.05, 3.63) is 75.5 Å². The lowest BCUT2D eigenvalue weighted by Gasteiger charge is -2.35. The third-order valence-corrected chi connectivity index (χ3v) is 6.57. The Morgan fingerprint density at radius 1 is 1.09 bits per heavy atom. The number of hydrogen-bond donors (Lipinski definition) is 2. The van der Waals surface area contributed by atoms with Crippen LogP contribution in [0.4, 0.5) is 4.39 Å². The van der Waals surface area contributed by atoms with Gasteiger partial charge in [0.1, 0.15) is 5.82 Å². The number of piperidine rings is 1. The maximum absolute atomic E-state index is 13.6. The van der Waals surface area contributed by atoms with Crippen molar-refractivity contribution in [2.45, 2.75) is 32.6 Å². The van der Waals surface area contributed by atoms with Crippen LogP contribution in [-0.4, -0.2) is 45.6 Å². The van der Waals surface area contributed by atoms with Gasteiger partial charge in [-0.2, -0.15) is 0 Å². The summed E-state index contributed by atoms with van der Waals surface area (Å²) < 4.78 is 13.2. The number of para-hydroxylation sites is 1. The molecule has 1 aliphatic rings. The first-order valence-electron chi connectivity index (χ1n) is 11.6. The number of aromatic nitrogens is 2. The lowest BCUT2D eigenvalue weighted by molar-refractivity contribution is -0.135. The molecule has 1 atom stereocenters. The van der Waals surface area contributed by atoms with Crippen LogP contribution in [0.1, 0.15) is 59.0 Å². The van der Waals surface area contributed by atoms with Crippen molar-refractivity contribution in [3.63, 3.8) is 0 Å². The normalized spacial score (nSPS) is 15.4. The Labute approximate surface area is 201 Å². The van der Waals surface area contributed by atoms with Crippen LogP contribution in [0.2, 0.25) is 0 Å². The van der Waals surface area contributed by atoms with Crippen LogP contribution in [0.15, 0.2) is 47.3 Å². The Morgan fingerprint density at radius 2 is 1.74 bits per heavy atom. The van der Waals surface area contributed by atoms with Gasteiger partial charge in [0.2, 0.25) is 5.91 Å². The number of Topliss-reactive ketones (excluding diaryl/α,β-unsaturated/α-hetero) is 1. The number of nitrogens with zero attached hydrogens (tertiary/aromatic N) is 2. The zero-order valence-electron chi connectivity index (χ0n) is 19.6. The molecule has 0 radical (unpaired) electrons. The van der Waals surface area contributed by atoms with Crippen LogP contribution >= 0.6 is 0 Å². The van der Waals surface area contributed by atoms with Crippen molar-refractivity contribution in [2.75, 3.05) is 13.1 Å². The second kappa shape index (κ2) is 9.77. The zero-order chi connectivity index (χ0) is 25.3. The second-order valence-corrected chi connectivity index (χ2v) is 9.21. The van der Waals surface area contributed by atoms with Gasteiger partial charge in [-0.3, -0.25) is 19.2 Å². The molecule has 0 bridgehead atoms. The van der Waals surface area contributed by atoms with Crippen molar-refractivity contribution in [3.8, 4) is 0 Å². The minimum Gasteiger partial charge on any atom is -0.364 e. The number of benzene rings is 2. The van der Waals surface area contributed by atoms with Gasteiger partial charge in [0.25, 0.3) is 11.5 Å². The summed E-state index contributed by atoms with van der Waals surface area (Å²) in [5.74, 6) is -2.33. The molecule has 1 fully saturated rings. The largest absolute Gasteiger partial charge is 0.364 e. The number of primary amides is 1. The SMILES string of the molecule is CC(C)[C@H](C(=O)N1CCC(C(=O)c2ccc(F)cc2)CC1)c1cccc2nc(C(N)=O)c(=O)[nH]c12. The molecule has 0 spiro atoms. The van der Waals surface area contributed by atoms with E-state index in [0.717, 1.165) is 0 Å². The van der Waals surface area contributed by atoms with Gasteiger partial charge < -0.3 is 15.6 Å². The maximum atomic E-state index is 13.6. The summed E-state index contributed by atoms with van der Waals surface area (Å²) in [6.07, 6.45) is 1.03. The lowest BCUT2D eigenvalue weighted by atomic mass is 9.84. The molecule has 182 valence electrons. The highest BCUT2D eigenvalue weighted by Crippen LogP contribution is 2.32. The highest BCUT2D eigenvalue weighted by atomic mass is 19.1.